The number of nitrogens with one attached hydrogen (secondary N) is 1. The number of hydrogen-bond acceptors (Lipinski definition) is 6. The SMILES string of the molecule is CC(C)(C)C(=O)O.Nc1ncnc2c1c(I)nn2C1CNC1. The van der Waals surface area contributed by atoms with Gasteiger partial charge in [-0.15, -0.1) is 0 Å². The molecule has 0 radical (unpaired) electrons. The van der Waals surface area contributed by atoms with Crippen LogP contribution in [-0.4, -0.2) is 43.9 Å². The summed E-state index contributed by atoms with van der Waals surface area (Å²) in [6.45, 7) is 6.87. The largest absolute Gasteiger partial charge is 0.481 e. The summed E-state index contributed by atoms with van der Waals surface area (Å²) in [5.74, 6) is -0.254. The minimum atomic E-state index is -0.757. The van der Waals surface area contributed by atoms with E-state index in [1.807, 2.05) is 4.68 Å². The highest BCUT2D eigenvalue weighted by Crippen LogP contribution is 2.25. The molecule has 0 bridgehead atoms. The lowest BCUT2D eigenvalue weighted by atomic mass is 9.98. The molecule has 8 nitrogen and oxygen atoms in total. The Hall–Kier alpha value is -1.49. The van der Waals surface area contributed by atoms with E-state index in [1.54, 1.807) is 20.8 Å². The molecule has 0 aliphatic carbocycles. The Morgan fingerprint density at radius 1 is 1.45 bits per heavy atom. The Kier molecular flexibility index (Phi) is 4.85. The van der Waals surface area contributed by atoms with E-state index in [-0.39, 0.29) is 0 Å². The normalized spacial score (nSPS) is 15.1. The Morgan fingerprint density at radius 2 is 2.05 bits per heavy atom. The maximum Gasteiger partial charge on any atom is 0.308 e. The van der Waals surface area contributed by atoms with Gasteiger partial charge in [0.05, 0.1) is 16.8 Å². The average molecular weight is 418 g/mol. The quantitative estimate of drug-likeness (QED) is 0.597. The predicted octanol–water partition coefficient (Wildman–Crippen LogP) is 1.27. The van der Waals surface area contributed by atoms with Crippen molar-refractivity contribution in [2.24, 2.45) is 5.41 Å². The number of nitrogens with two attached hydrogens (primary N) is 1. The second-order valence-corrected chi connectivity index (χ2v) is 7.08. The summed E-state index contributed by atoms with van der Waals surface area (Å²) in [5.41, 5.74) is 6.05. The first-order chi connectivity index (χ1) is 10.2. The van der Waals surface area contributed by atoms with Crippen molar-refractivity contribution in [3.63, 3.8) is 0 Å². The molecular formula is C13H19IN6O2. The van der Waals surface area contributed by atoms with Crippen molar-refractivity contribution in [3.8, 4) is 0 Å². The van der Waals surface area contributed by atoms with Crippen LogP contribution in [0.25, 0.3) is 11.0 Å². The summed E-state index contributed by atoms with van der Waals surface area (Å²) in [6, 6.07) is 0.394. The van der Waals surface area contributed by atoms with Crippen molar-refractivity contribution in [2.75, 3.05) is 18.8 Å². The van der Waals surface area contributed by atoms with Gasteiger partial charge in [-0.05, 0) is 43.4 Å². The summed E-state index contributed by atoms with van der Waals surface area (Å²) in [6.07, 6.45) is 1.48. The molecule has 1 aliphatic heterocycles. The number of halogens is 1. The zero-order valence-electron chi connectivity index (χ0n) is 12.7. The third-order valence-corrected chi connectivity index (χ3v) is 3.98. The Bertz CT molecular complexity index is 690. The van der Waals surface area contributed by atoms with Crippen LogP contribution in [0.4, 0.5) is 5.82 Å². The van der Waals surface area contributed by atoms with Gasteiger partial charge >= 0.3 is 5.97 Å². The number of nitrogen functional groups attached to an aromatic ring is 1. The minimum absolute atomic E-state index is 0.394. The highest BCUT2D eigenvalue weighted by Gasteiger charge is 2.24. The minimum Gasteiger partial charge on any atom is -0.481 e. The Morgan fingerprint density at radius 3 is 2.50 bits per heavy atom. The van der Waals surface area contributed by atoms with Gasteiger partial charge in [-0.1, -0.05) is 0 Å². The molecular weight excluding hydrogens is 399 g/mol. The van der Waals surface area contributed by atoms with Crippen LogP contribution in [0.15, 0.2) is 6.33 Å². The number of hydrogen-bond donors (Lipinski definition) is 3. The lowest BCUT2D eigenvalue weighted by Crippen LogP contribution is -2.43. The number of carboxylic acid groups (broad SMARTS) is 1. The van der Waals surface area contributed by atoms with E-state index >= 15 is 0 Å². The van der Waals surface area contributed by atoms with Gasteiger partial charge in [-0.2, -0.15) is 5.10 Å². The van der Waals surface area contributed by atoms with Gasteiger partial charge in [0.2, 0.25) is 0 Å². The molecule has 0 saturated carbocycles. The fourth-order valence-electron chi connectivity index (χ4n) is 1.65. The number of aliphatic carboxylic acids is 1. The van der Waals surface area contributed by atoms with E-state index in [2.05, 4.69) is 43.0 Å². The zero-order chi connectivity index (χ0) is 16.5. The first kappa shape index (κ1) is 16.9. The lowest BCUT2D eigenvalue weighted by molar-refractivity contribution is -0.145. The average Bonchev–Trinajstić information content (AvgIpc) is 2.65. The molecule has 120 valence electrons. The lowest BCUT2D eigenvalue weighted by Gasteiger charge is -2.27. The van der Waals surface area contributed by atoms with Crippen molar-refractivity contribution in [1.29, 1.82) is 0 Å². The first-order valence-electron chi connectivity index (χ1n) is 6.80. The van der Waals surface area contributed by atoms with Gasteiger partial charge < -0.3 is 16.2 Å². The van der Waals surface area contributed by atoms with Crippen molar-refractivity contribution in [2.45, 2.75) is 26.8 Å². The third kappa shape index (κ3) is 3.46. The number of aromatic nitrogens is 4. The van der Waals surface area contributed by atoms with Crippen LogP contribution in [0.2, 0.25) is 0 Å². The van der Waals surface area contributed by atoms with E-state index < -0.39 is 11.4 Å². The summed E-state index contributed by atoms with van der Waals surface area (Å²) in [7, 11) is 0. The van der Waals surface area contributed by atoms with E-state index in [9.17, 15) is 4.79 Å². The number of rotatable bonds is 1. The Balaban J connectivity index is 0.000000217. The molecule has 2 aromatic rings. The van der Waals surface area contributed by atoms with Crippen LogP contribution in [0.5, 0.6) is 0 Å². The van der Waals surface area contributed by atoms with Gasteiger partial charge in [0, 0.05) is 13.1 Å². The van der Waals surface area contributed by atoms with Crippen molar-refractivity contribution in [1.82, 2.24) is 25.1 Å². The fourth-order valence-corrected chi connectivity index (χ4v) is 2.40. The van der Waals surface area contributed by atoms with Gasteiger partial charge in [0.1, 0.15) is 15.8 Å². The molecule has 2 aromatic heterocycles. The molecule has 3 heterocycles. The van der Waals surface area contributed by atoms with Crippen molar-refractivity contribution in [3.05, 3.63) is 10.0 Å². The van der Waals surface area contributed by atoms with Gasteiger partial charge in [0.15, 0.2) is 5.65 Å². The number of anilines is 1. The number of carboxylic acids is 1. The van der Waals surface area contributed by atoms with E-state index in [1.165, 1.54) is 6.33 Å². The Labute approximate surface area is 141 Å². The van der Waals surface area contributed by atoms with Gasteiger partial charge in [-0.25, -0.2) is 14.6 Å². The molecule has 1 aliphatic rings. The molecule has 9 heteroatoms. The smallest absolute Gasteiger partial charge is 0.308 e. The van der Waals surface area contributed by atoms with Crippen LogP contribution >= 0.6 is 22.6 Å². The fraction of sp³-hybridized carbons (Fsp3) is 0.538. The molecule has 0 aromatic carbocycles. The standard InChI is InChI=1S/C8H9IN6.C5H10O2/c9-6-5-7(10)12-3-13-8(5)15(14-6)4-1-11-2-4;1-5(2,3)4(6)7/h3-4,11H,1-2H2,(H2,10,12,13);1-3H3,(H,6,7). The molecule has 0 unspecified atom stereocenters. The summed E-state index contributed by atoms with van der Waals surface area (Å²) in [5, 5.41) is 16.8. The van der Waals surface area contributed by atoms with Gasteiger partial charge in [-0.3, -0.25) is 4.79 Å². The monoisotopic (exact) mass is 418 g/mol. The van der Waals surface area contributed by atoms with Crippen LogP contribution in [-0.2, 0) is 4.79 Å². The second kappa shape index (κ2) is 6.32. The molecule has 1 saturated heterocycles. The van der Waals surface area contributed by atoms with Crippen LogP contribution in [0, 0.1) is 9.12 Å². The van der Waals surface area contributed by atoms with Crippen LogP contribution < -0.4 is 11.1 Å². The van der Waals surface area contributed by atoms with Crippen molar-refractivity contribution < 1.29 is 9.90 Å². The van der Waals surface area contributed by atoms with Gasteiger partial charge in [0.25, 0.3) is 0 Å². The summed E-state index contributed by atoms with van der Waals surface area (Å²) in [4.78, 5) is 18.2. The molecule has 1 fully saturated rings. The maximum absolute atomic E-state index is 10.0. The predicted molar refractivity (Wildman–Crippen MR) is 91.4 cm³/mol. The van der Waals surface area contributed by atoms with Crippen LogP contribution in [0.1, 0.15) is 26.8 Å². The highest BCUT2D eigenvalue weighted by molar-refractivity contribution is 14.1. The maximum atomic E-state index is 10.0. The molecule has 3 rings (SSSR count). The number of fused-ring (bicyclic) bond motifs is 1. The molecule has 0 atom stereocenters. The highest BCUT2D eigenvalue weighted by atomic mass is 127. The second-order valence-electron chi connectivity index (χ2n) is 6.06. The van der Waals surface area contributed by atoms with E-state index in [4.69, 9.17) is 10.8 Å². The summed E-state index contributed by atoms with van der Waals surface area (Å²) < 4.78 is 2.80. The topological polar surface area (TPSA) is 119 Å². The first-order valence-corrected chi connectivity index (χ1v) is 7.88. The van der Waals surface area contributed by atoms with Crippen molar-refractivity contribution >= 4 is 45.4 Å². The molecule has 0 amide bonds. The molecule has 4 N–H and O–H groups in total. The number of nitrogens with zero attached hydrogens (tertiary/aromatic N) is 4. The molecule has 0 spiro atoms. The summed E-state index contributed by atoms with van der Waals surface area (Å²) >= 11 is 2.17. The molecule has 22 heavy (non-hydrogen) atoms. The van der Waals surface area contributed by atoms with Crippen LogP contribution in [0.3, 0.4) is 0 Å². The van der Waals surface area contributed by atoms with E-state index in [0.717, 1.165) is 27.8 Å². The van der Waals surface area contributed by atoms with E-state index in [0.29, 0.717) is 11.9 Å². The number of carbonyl (C=O) groups is 1. The third-order valence-electron chi connectivity index (χ3n) is 3.22. The zero-order valence-corrected chi connectivity index (χ0v) is 14.8.